The van der Waals surface area contributed by atoms with Crippen molar-refractivity contribution in [3.8, 4) is 0 Å². The maximum atomic E-state index is 13.9. The highest BCUT2D eigenvalue weighted by molar-refractivity contribution is 7.99. The summed E-state index contributed by atoms with van der Waals surface area (Å²) < 4.78 is 18.4. The van der Waals surface area contributed by atoms with Crippen LogP contribution in [0.1, 0.15) is 20.7 Å². The van der Waals surface area contributed by atoms with Gasteiger partial charge in [-0.2, -0.15) is 0 Å². The molecular formula is C15H11FO4S. The molecule has 4 nitrogen and oxygen atoms in total. The zero-order valence-corrected chi connectivity index (χ0v) is 11.8. The Morgan fingerprint density at radius 3 is 2.24 bits per heavy atom. The summed E-state index contributed by atoms with van der Waals surface area (Å²) >= 11 is 1.14. The predicted octanol–water partition coefficient (Wildman–Crippen LogP) is 3.46. The molecule has 0 heterocycles. The fourth-order valence-electron chi connectivity index (χ4n) is 1.62. The van der Waals surface area contributed by atoms with E-state index in [0.717, 1.165) is 17.8 Å². The Kier molecular flexibility index (Phi) is 4.59. The van der Waals surface area contributed by atoms with Crippen LogP contribution in [-0.2, 0) is 4.74 Å². The van der Waals surface area contributed by atoms with Gasteiger partial charge in [0.25, 0.3) is 0 Å². The Morgan fingerprint density at radius 2 is 1.71 bits per heavy atom. The SMILES string of the molecule is COC(=O)c1ccc(Sc2ccc(C(=O)O)cc2)c(F)c1. The third-order valence-corrected chi connectivity index (χ3v) is 3.74. The van der Waals surface area contributed by atoms with Gasteiger partial charge in [0.2, 0.25) is 0 Å². The molecule has 0 spiro atoms. The van der Waals surface area contributed by atoms with Crippen molar-refractivity contribution in [1.29, 1.82) is 0 Å². The highest BCUT2D eigenvalue weighted by Gasteiger charge is 2.11. The number of hydrogen-bond donors (Lipinski definition) is 1. The molecule has 0 bridgehead atoms. The van der Waals surface area contributed by atoms with Gasteiger partial charge in [-0.25, -0.2) is 14.0 Å². The number of ether oxygens (including phenoxy) is 1. The zero-order chi connectivity index (χ0) is 15.4. The molecule has 0 amide bonds. The molecule has 0 aliphatic rings. The van der Waals surface area contributed by atoms with E-state index in [2.05, 4.69) is 4.74 Å². The van der Waals surface area contributed by atoms with Crippen LogP contribution < -0.4 is 0 Å². The number of benzene rings is 2. The Bertz CT molecular complexity index is 683. The number of esters is 1. The quantitative estimate of drug-likeness (QED) is 0.876. The summed E-state index contributed by atoms with van der Waals surface area (Å²) in [6.45, 7) is 0. The maximum Gasteiger partial charge on any atom is 0.337 e. The van der Waals surface area contributed by atoms with Crippen molar-refractivity contribution >= 4 is 23.7 Å². The summed E-state index contributed by atoms with van der Waals surface area (Å²) in [7, 11) is 1.23. The molecular weight excluding hydrogens is 295 g/mol. The normalized spacial score (nSPS) is 10.2. The fraction of sp³-hybridized carbons (Fsp3) is 0.0667. The van der Waals surface area contributed by atoms with Crippen molar-refractivity contribution < 1.29 is 23.8 Å². The molecule has 0 aliphatic carbocycles. The van der Waals surface area contributed by atoms with Crippen LogP contribution in [-0.4, -0.2) is 24.2 Å². The minimum Gasteiger partial charge on any atom is -0.478 e. The minimum atomic E-state index is -1.01. The molecule has 0 radical (unpaired) electrons. The van der Waals surface area contributed by atoms with E-state index in [9.17, 15) is 14.0 Å². The molecule has 0 saturated heterocycles. The first-order valence-corrected chi connectivity index (χ1v) is 6.72. The smallest absolute Gasteiger partial charge is 0.337 e. The number of methoxy groups -OCH3 is 1. The van der Waals surface area contributed by atoms with Crippen LogP contribution >= 0.6 is 11.8 Å². The number of hydrogen-bond acceptors (Lipinski definition) is 4. The van der Waals surface area contributed by atoms with Crippen molar-refractivity contribution in [3.05, 3.63) is 59.4 Å². The number of carbonyl (C=O) groups excluding carboxylic acids is 1. The third-order valence-electron chi connectivity index (χ3n) is 2.68. The first-order chi connectivity index (χ1) is 10.0. The molecule has 0 unspecified atom stereocenters. The first kappa shape index (κ1) is 15.1. The summed E-state index contributed by atoms with van der Waals surface area (Å²) in [5, 5.41) is 8.80. The van der Waals surface area contributed by atoms with Crippen LogP contribution in [0.4, 0.5) is 4.39 Å². The molecule has 2 rings (SSSR count). The average molecular weight is 306 g/mol. The van der Waals surface area contributed by atoms with Crippen LogP contribution in [0, 0.1) is 5.82 Å². The molecule has 0 fully saturated rings. The summed E-state index contributed by atoms with van der Waals surface area (Å²) in [6, 6.07) is 10.2. The number of carboxylic acid groups (broad SMARTS) is 1. The van der Waals surface area contributed by atoms with E-state index in [0.29, 0.717) is 9.79 Å². The first-order valence-electron chi connectivity index (χ1n) is 5.90. The van der Waals surface area contributed by atoms with E-state index >= 15 is 0 Å². The van der Waals surface area contributed by atoms with Gasteiger partial charge in [0, 0.05) is 9.79 Å². The summed E-state index contributed by atoms with van der Waals surface area (Å²) in [4.78, 5) is 23.1. The molecule has 0 aliphatic heterocycles. The Balaban J connectivity index is 2.19. The van der Waals surface area contributed by atoms with Gasteiger partial charge in [0.15, 0.2) is 0 Å². The van der Waals surface area contributed by atoms with Crippen LogP contribution in [0.5, 0.6) is 0 Å². The van der Waals surface area contributed by atoms with E-state index in [4.69, 9.17) is 5.11 Å². The van der Waals surface area contributed by atoms with E-state index in [-0.39, 0.29) is 11.1 Å². The monoisotopic (exact) mass is 306 g/mol. The van der Waals surface area contributed by atoms with Crippen molar-refractivity contribution in [2.75, 3.05) is 7.11 Å². The largest absolute Gasteiger partial charge is 0.478 e. The highest BCUT2D eigenvalue weighted by atomic mass is 32.2. The van der Waals surface area contributed by atoms with Crippen LogP contribution in [0.15, 0.2) is 52.3 Å². The molecule has 0 atom stereocenters. The van der Waals surface area contributed by atoms with Gasteiger partial charge in [0.1, 0.15) is 5.82 Å². The lowest BCUT2D eigenvalue weighted by molar-refractivity contribution is 0.0599. The summed E-state index contributed by atoms with van der Waals surface area (Å²) in [6.07, 6.45) is 0. The number of carbonyl (C=O) groups is 2. The van der Waals surface area contributed by atoms with Gasteiger partial charge in [-0.05, 0) is 42.5 Å². The number of rotatable bonds is 4. The van der Waals surface area contributed by atoms with E-state index in [1.807, 2.05) is 0 Å². The number of carboxylic acids is 1. The van der Waals surface area contributed by atoms with Gasteiger partial charge in [-0.15, -0.1) is 0 Å². The van der Waals surface area contributed by atoms with E-state index in [1.165, 1.54) is 31.4 Å². The van der Waals surface area contributed by atoms with Crippen LogP contribution in [0.3, 0.4) is 0 Å². The molecule has 6 heteroatoms. The second-order valence-corrected chi connectivity index (χ2v) is 5.18. The molecule has 1 N–H and O–H groups in total. The van der Waals surface area contributed by atoms with Gasteiger partial charge in [-0.3, -0.25) is 0 Å². The van der Waals surface area contributed by atoms with Crippen molar-refractivity contribution in [2.45, 2.75) is 9.79 Å². The molecule has 0 aromatic heterocycles. The second kappa shape index (κ2) is 6.41. The second-order valence-electron chi connectivity index (χ2n) is 4.07. The number of halogens is 1. The Morgan fingerprint density at radius 1 is 1.10 bits per heavy atom. The number of aromatic carboxylic acids is 1. The third kappa shape index (κ3) is 3.61. The maximum absolute atomic E-state index is 13.9. The summed E-state index contributed by atoms with van der Waals surface area (Å²) in [5.74, 6) is -2.15. The van der Waals surface area contributed by atoms with Crippen molar-refractivity contribution in [3.63, 3.8) is 0 Å². The van der Waals surface area contributed by atoms with Gasteiger partial charge in [0.05, 0.1) is 18.2 Å². The van der Waals surface area contributed by atoms with Crippen LogP contribution in [0.25, 0.3) is 0 Å². The Hall–Kier alpha value is -2.34. The average Bonchev–Trinajstić information content (AvgIpc) is 2.49. The van der Waals surface area contributed by atoms with Crippen molar-refractivity contribution in [1.82, 2.24) is 0 Å². The Labute approximate surface area is 124 Å². The molecule has 0 saturated carbocycles. The molecule has 2 aromatic rings. The molecule has 21 heavy (non-hydrogen) atoms. The lowest BCUT2D eigenvalue weighted by Gasteiger charge is -2.05. The molecule has 2 aromatic carbocycles. The van der Waals surface area contributed by atoms with Crippen molar-refractivity contribution in [2.24, 2.45) is 0 Å². The summed E-state index contributed by atoms with van der Waals surface area (Å²) in [5.41, 5.74) is 0.307. The van der Waals surface area contributed by atoms with Crippen LogP contribution in [0.2, 0.25) is 0 Å². The lowest BCUT2D eigenvalue weighted by Crippen LogP contribution is -2.01. The van der Waals surface area contributed by atoms with E-state index in [1.54, 1.807) is 12.1 Å². The predicted molar refractivity (Wildman–Crippen MR) is 75.3 cm³/mol. The van der Waals surface area contributed by atoms with E-state index < -0.39 is 17.8 Å². The highest BCUT2D eigenvalue weighted by Crippen LogP contribution is 2.30. The van der Waals surface area contributed by atoms with Gasteiger partial charge >= 0.3 is 11.9 Å². The fourth-order valence-corrected chi connectivity index (χ4v) is 2.44. The lowest BCUT2D eigenvalue weighted by atomic mass is 10.2. The standard InChI is InChI=1S/C15H11FO4S/c1-20-15(19)10-4-7-13(12(16)8-10)21-11-5-2-9(3-6-11)14(17)18/h2-8H,1H3,(H,17,18). The zero-order valence-electron chi connectivity index (χ0n) is 11.0. The van der Waals surface area contributed by atoms with Gasteiger partial charge in [-0.1, -0.05) is 11.8 Å². The minimum absolute atomic E-state index is 0.139. The topological polar surface area (TPSA) is 63.6 Å². The van der Waals surface area contributed by atoms with Gasteiger partial charge < -0.3 is 9.84 Å². The molecule has 108 valence electrons.